The molecule has 42 heavy (non-hydrogen) atoms. The number of thioether (sulfide) groups is 1. The molecule has 2 rings (SSSR count). The number of benzene rings is 2. The summed E-state index contributed by atoms with van der Waals surface area (Å²) in [6, 6.07) is 9.65. The van der Waals surface area contributed by atoms with Crippen molar-refractivity contribution in [3.63, 3.8) is 0 Å². The van der Waals surface area contributed by atoms with Crippen LogP contribution in [0.1, 0.15) is 67.6 Å². The zero-order chi connectivity index (χ0) is 31.2. The number of ether oxygens (including phenoxy) is 1. The van der Waals surface area contributed by atoms with Gasteiger partial charge in [-0.15, -0.1) is 11.8 Å². The number of carbonyl (C=O) groups is 4. The summed E-state index contributed by atoms with van der Waals surface area (Å²) in [5.41, 5.74) is 1.74. The predicted molar refractivity (Wildman–Crippen MR) is 165 cm³/mol. The average molecular weight is 621 g/mol. The number of hydrogen-bond donors (Lipinski definition) is 6. The number of phenols is 1. The molecule has 5 N–H and O–H groups in total. The molecule has 2 aromatic rings. The van der Waals surface area contributed by atoms with E-state index in [2.05, 4.69) is 23.3 Å². The number of aromatic hydroxyl groups is 1. The molecule has 0 radical (unpaired) electrons. The molecule has 0 aliphatic heterocycles. The van der Waals surface area contributed by atoms with Crippen LogP contribution in [0.3, 0.4) is 0 Å². The molecule has 230 valence electrons. The molecule has 1 unspecified atom stereocenters. The number of carbonyl (C=O) groups excluding carboxylic acids is 2. The largest absolute Gasteiger partial charge is 0.507 e. The number of ketones is 1. The number of carboxylic acid groups (broad SMARTS) is 2. The SMILES string of the molecule is CCCc1c(OCCCSc2ccc(C(N[C@@H](CS)C(=O)NCC(=O)O)[C@@H](C)CC(=O)O)cc2)ccc(C(C)=O)c1O. The smallest absolute Gasteiger partial charge is 0.322 e. The zero-order valence-corrected chi connectivity index (χ0v) is 25.8. The number of rotatable bonds is 19. The predicted octanol–water partition coefficient (Wildman–Crippen LogP) is 4.35. The van der Waals surface area contributed by atoms with E-state index in [1.54, 1.807) is 30.8 Å². The molecule has 0 saturated heterocycles. The van der Waals surface area contributed by atoms with Crippen molar-refractivity contribution in [1.82, 2.24) is 10.6 Å². The number of nitrogens with one attached hydrogen (secondary N) is 2. The van der Waals surface area contributed by atoms with E-state index in [-0.39, 0.29) is 29.6 Å². The lowest BCUT2D eigenvalue weighted by Gasteiger charge is -2.29. The van der Waals surface area contributed by atoms with Gasteiger partial charge in [-0.05, 0) is 55.5 Å². The third-order valence-corrected chi connectivity index (χ3v) is 8.00. The normalized spacial score (nSPS) is 13.1. The van der Waals surface area contributed by atoms with Gasteiger partial charge in [0, 0.05) is 34.4 Å². The van der Waals surface area contributed by atoms with E-state index >= 15 is 0 Å². The Labute approximate surface area is 256 Å². The zero-order valence-electron chi connectivity index (χ0n) is 24.1. The summed E-state index contributed by atoms with van der Waals surface area (Å²) < 4.78 is 5.94. The van der Waals surface area contributed by atoms with E-state index in [0.29, 0.717) is 29.9 Å². The Morgan fingerprint density at radius 3 is 2.31 bits per heavy atom. The molecule has 12 heteroatoms. The Bertz CT molecular complexity index is 1220. The van der Waals surface area contributed by atoms with Crippen LogP contribution in [0, 0.1) is 5.92 Å². The molecule has 2 aromatic carbocycles. The van der Waals surface area contributed by atoms with E-state index < -0.39 is 36.5 Å². The third kappa shape index (κ3) is 10.9. The van der Waals surface area contributed by atoms with E-state index in [1.807, 2.05) is 31.2 Å². The number of amides is 1. The van der Waals surface area contributed by atoms with Crippen molar-refractivity contribution < 1.29 is 39.2 Å². The summed E-state index contributed by atoms with van der Waals surface area (Å²) in [4.78, 5) is 47.5. The first kappa shape index (κ1) is 35.0. The Hall–Kier alpha value is -3.22. The number of hydrogen-bond acceptors (Lipinski definition) is 9. The number of aliphatic carboxylic acids is 2. The van der Waals surface area contributed by atoms with Gasteiger partial charge in [0.05, 0.1) is 18.2 Å². The van der Waals surface area contributed by atoms with Gasteiger partial charge in [-0.2, -0.15) is 12.6 Å². The summed E-state index contributed by atoms with van der Waals surface area (Å²) in [5.74, 6) is -1.78. The Morgan fingerprint density at radius 1 is 1.05 bits per heavy atom. The van der Waals surface area contributed by atoms with Crippen molar-refractivity contribution >= 4 is 48.0 Å². The third-order valence-electron chi connectivity index (χ3n) is 6.53. The van der Waals surface area contributed by atoms with E-state index in [1.165, 1.54) is 6.92 Å². The van der Waals surface area contributed by atoms with Crippen molar-refractivity contribution in [3.05, 3.63) is 53.1 Å². The Kier molecular flexibility index (Phi) is 14.7. The van der Waals surface area contributed by atoms with Crippen molar-refractivity contribution in [2.75, 3.05) is 24.7 Å². The highest BCUT2D eigenvalue weighted by molar-refractivity contribution is 7.99. The number of thiol groups is 1. The minimum absolute atomic E-state index is 0.0108. The van der Waals surface area contributed by atoms with Crippen LogP contribution in [0.4, 0.5) is 0 Å². The molecule has 0 aromatic heterocycles. The maximum absolute atomic E-state index is 12.5. The monoisotopic (exact) mass is 620 g/mol. The lowest BCUT2D eigenvalue weighted by molar-refractivity contribution is -0.139. The highest BCUT2D eigenvalue weighted by atomic mass is 32.2. The van der Waals surface area contributed by atoms with Gasteiger partial charge < -0.3 is 25.4 Å². The maximum Gasteiger partial charge on any atom is 0.322 e. The van der Waals surface area contributed by atoms with Gasteiger partial charge in [-0.25, -0.2) is 0 Å². The van der Waals surface area contributed by atoms with Crippen molar-refractivity contribution in [2.24, 2.45) is 5.92 Å². The van der Waals surface area contributed by atoms with E-state index in [9.17, 15) is 29.4 Å². The molecular formula is C30H40N2O8S2. The van der Waals surface area contributed by atoms with Crippen LogP contribution in [0.15, 0.2) is 41.3 Å². The van der Waals surface area contributed by atoms with Gasteiger partial charge in [0.15, 0.2) is 5.78 Å². The molecular weight excluding hydrogens is 580 g/mol. The first-order valence-electron chi connectivity index (χ1n) is 13.8. The summed E-state index contributed by atoms with van der Waals surface area (Å²) in [7, 11) is 0. The van der Waals surface area contributed by atoms with E-state index in [4.69, 9.17) is 9.84 Å². The van der Waals surface area contributed by atoms with Gasteiger partial charge >= 0.3 is 11.9 Å². The maximum atomic E-state index is 12.5. The molecule has 3 atom stereocenters. The van der Waals surface area contributed by atoms with Crippen LogP contribution >= 0.6 is 24.4 Å². The second-order valence-corrected chi connectivity index (χ2v) is 11.5. The van der Waals surface area contributed by atoms with Crippen LogP contribution in [-0.4, -0.2) is 69.6 Å². The number of phenolic OH excluding ortho intramolecular Hbond substituents is 1. The molecule has 0 heterocycles. The van der Waals surface area contributed by atoms with Crippen LogP contribution < -0.4 is 15.4 Å². The van der Waals surface area contributed by atoms with E-state index in [0.717, 1.165) is 29.1 Å². The van der Waals surface area contributed by atoms with Crippen molar-refractivity contribution in [3.8, 4) is 11.5 Å². The molecule has 0 aliphatic rings. The van der Waals surface area contributed by atoms with Crippen LogP contribution in [0.25, 0.3) is 0 Å². The van der Waals surface area contributed by atoms with Crippen LogP contribution in [-0.2, 0) is 20.8 Å². The lowest BCUT2D eigenvalue weighted by Crippen LogP contribution is -2.49. The summed E-state index contributed by atoms with van der Waals surface area (Å²) in [6.45, 7) is 5.11. The van der Waals surface area contributed by atoms with Gasteiger partial charge in [-0.1, -0.05) is 32.4 Å². The Morgan fingerprint density at radius 2 is 1.74 bits per heavy atom. The average Bonchev–Trinajstić information content (AvgIpc) is 2.93. The first-order chi connectivity index (χ1) is 20.0. The number of carboxylic acids is 2. The standard InChI is InChI=1S/C30H40N2O8S2/c1-4-6-23-25(12-11-22(19(3)33)29(23)38)40-13-5-14-42-21-9-7-20(8-10-21)28(18(2)15-26(34)35)32-24(17-41)30(39)31-16-27(36)37/h7-12,18,24,28,32,38,41H,4-6,13-17H2,1-3H3,(H,31,39)(H,34,35)(H,36,37)/t18-,24-,28?/m0/s1. The molecule has 0 saturated carbocycles. The number of Topliss-reactive ketones (excluding diaryl/α,β-unsaturated/α-hetero) is 1. The minimum atomic E-state index is -1.17. The second-order valence-electron chi connectivity index (χ2n) is 9.93. The topological polar surface area (TPSA) is 162 Å². The minimum Gasteiger partial charge on any atom is -0.507 e. The molecule has 0 bridgehead atoms. The van der Waals surface area contributed by atoms with Crippen LogP contribution in [0.5, 0.6) is 11.5 Å². The quantitative estimate of drug-likeness (QED) is 0.0576. The van der Waals surface area contributed by atoms with Gasteiger partial charge in [-0.3, -0.25) is 24.5 Å². The molecule has 0 fully saturated rings. The highest BCUT2D eigenvalue weighted by Crippen LogP contribution is 2.33. The van der Waals surface area contributed by atoms with Crippen molar-refractivity contribution in [1.29, 1.82) is 0 Å². The molecule has 0 aliphatic carbocycles. The molecule has 1 amide bonds. The van der Waals surface area contributed by atoms with Gasteiger partial charge in [0.25, 0.3) is 0 Å². The van der Waals surface area contributed by atoms with Gasteiger partial charge in [0.1, 0.15) is 18.0 Å². The van der Waals surface area contributed by atoms with Crippen LogP contribution in [0.2, 0.25) is 0 Å². The fourth-order valence-corrected chi connectivity index (χ4v) is 5.53. The summed E-state index contributed by atoms with van der Waals surface area (Å²) >= 11 is 5.86. The Balaban J connectivity index is 2.01. The van der Waals surface area contributed by atoms with Crippen molar-refractivity contribution in [2.45, 2.75) is 63.4 Å². The molecule has 10 nitrogen and oxygen atoms in total. The molecule has 0 spiro atoms. The summed E-state index contributed by atoms with van der Waals surface area (Å²) in [6.07, 6.45) is 2.02. The fourth-order valence-electron chi connectivity index (χ4n) is 4.43. The second kappa shape index (κ2) is 17.7. The van der Waals surface area contributed by atoms with Gasteiger partial charge in [0.2, 0.25) is 5.91 Å². The lowest BCUT2D eigenvalue weighted by atomic mass is 9.91. The fraction of sp³-hybridized carbons (Fsp3) is 0.467. The first-order valence-corrected chi connectivity index (χ1v) is 15.4. The summed E-state index contributed by atoms with van der Waals surface area (Å²) in [5, 5.41) is 34.2. The highest BCUT2D eigenvalue weighted by Gasteiger charge is 2.27.